The van der Waals surface area contributed by atoms with Crippen LogP contribution in [0, 0.1) is 0 Å². The normalized spacial score (nSPS) is 15.8. The van der Waals surface area contributed by atoms with Crippen LogP contribution in [0.5, 0.6) is 0 Å². The van der Waals surface area contributed by atoms with Crippen LogP contribution >= 0.6 is 11.6 Å². The predicted molar refractivity (Wildman–Crippen MR) is 119 cm³/mol. The molecule has 2 N–H and O–H groups in total. The molecule has 6 rings (SSSR count). The highest BCUT2D eigenvalue weighted by Crippen LogP contribution is 2.35. The number of pyridine rings is 1. The number of nitrogens with one attached hydrogen (secondary N) is 2. The number of hydrogen-bond donors (Lipinski definition) is 2. The number of anilines is 2. The summed E-state index contributed by atoms with van der Waals surface area (Å²) in [6.45, 7) is 1.87. The van der Waals surface area contributed by atoms with Crippen LogP contribution in [0.2, 0.25) is 5.15 Å². The van der Waals surface area contributed by atoms with E-state index in [2.05, 4.69) is 32.7 Å². The Morgan fingerprint density at radius 3 is 2.87 bits per heavy atom. The van der Waals surface area contributed by atoms with Gasteiger partial charge >= 0.3 is 0 Å². The van der Waals surface area contributed by atoms with Gasteiger partial charge in [0.25, 0.3) is 5.56 Å². The topological polar surface area (TPSA) is 89.7 Å². The Hall–Kier alpha value is -3.23. The van der Waals surface area contributed by atoms with Crippen molar-refractivity contribution in [3.8, 4) is 5.69 Å². The van der Waals surface area contributed by atoms with E-state index in [0.717, 1.165) is 43.7 Å². The molecule has 1 fully saturated rings. The molecule has 3 aromatic heterocycles. The number of nitrogens with zero attached hydrogens (tertiary/aromatic N) is 5. The molecule has 0 spiro atoms. The Morgan fingerprint density at radius 1 is 1.13 bits per heavy atom. The summed E-state index contributed by atoms with van der Waals surface area (Å²) in [6, 6.07) is 10.1. The quantitative estimate of drug-likeness (QED) is 0.480. The molecular formula is C22H20ClN7O. The molecule has 156 valence electrons. The summed E-state index contributed by atoms with van der Waals surface area (Å²) in [7, 11) is 0. The van der Waals surface area contributed by atoms with Gasteiger partial charge in [0, 0.05) is 30.7 Å². The zero-order valence-electron chi connectivity index (χ0n) is 16.7. The fraction of sp³-hybridized carbons (Fsp3) is 0.273. The van der Waals surface area contributed by atoms with Crippen LogP contribution in [0.3, 0.4) is 0 Å². The van der Waals surface area contributed by atoms with Gasteiger partial charge in [-0.3, -0.25) is 4.79 Å². The second-order valence-corrected chi connectivity index (χ2v) is 8.38. The summed E-state index contributed by atoms with van der Waals surface area (Å²) < 4.78 is 3.60. The molecule has 2 aliphatic rings. The van der Waals surface area contributed by atoms with Gasteiger partial charge in [0.1, 0.15) is 10.5 Å². The van der Waals surface area contributed by atoms with E-state index in [1.165, 1.54) is 11.1 Å². The molecule has 8 nitrogen and oxygen atoms in total. The minimum absolute atomic E-state index is 0.0863. The largest absolute Gasteiger partial charge is 0.324 e. The average molecular weight is 434 g/mol. The maximum Gasteiger partial charge on any atom is 0.278 e. The van der Waals surface area contributed by atoms with Gasteiger partial charge in [0.15, 0.2) is 5.65 Å². The molecular weight excluding hydrogens is 414 g/mol. The van der Waals surface area contributed by atoms with Crippen molar-refractivity contribution in [2.24, 2.45) is 0 Å². The number of fused-ring (bicyclic) bond motifs is 2. The minimum atomic E-state index is -0.0863. The van der Waals surface area contributed by atoms with Crippen LogP contribution in [0.25, 0.3) is 16.7 Å². The minimum Gasteiger partial charge on any atom is -0.324 e. The van der Waals surface area contributed by atoms with Crippen molar-refractivity contribution in [3.05, 3.63) is 69.4 Å². The Morgan fingerprint density at radius 2 is 2.03 bits per heavy atom. The summed E-state index contributed by atoms with van der Waals surface area (Å²) in [5.41, 5.74) is 4.78. The lowest BCUT2D eigenvalue weighted by atomic mass is 10.0. The number of halogens is 1. The van der Waals surface area contributed by atoms with E-state index in [4.69, 9.17) is 16.6 Å². The molecule has 1 aromatic carbocycles. The second kappa shape index (κ2) is 7.18. The Kier molecular flexibility index (Phi) is 4.29. The van der Waals surface area contributed by atoms with Gasteiger partial charge in [-0.2, -0.15) is 4.98 Å². The first-order valence-electron chi connectivity index (χ1n) is 10.4. The maximum absolute atomic E-state index is 13.1. The first-order valence-corrected chi connectivity index (χ1v) is 10.8. The molecule has 4 aromatic rings. The van der Waals surface area contributed by atoms with Gasteiger partial charge in [-0.1, -0.05) is 17.7 Å². The molecule has 1 saturated carbocycles. The number of benzene rings is 1. The van der Waals surface area contributed by atoms with Crippen LogP contribution in [-0.2, 0) is 13.0 Å². The highest BCUT2D eigenvalue weighted by atomic mass is 35.5. The molecule has 0 unspecified atom stereocenters. The van der Waals surface area contributed by atoms with Crippen molar-refractivity contribution in [3.63, 3.8) is 0 Å². The van der Waals surface area contributed by atoms with E-state index < -0.39 is 0 Å². The highest BCUT2D eigenvalue weighted by molar-refractivity contribution is 6.29. The van der Waals surface area contributed by atoms with Gasteiger partial charge in [-0.05, 0) is 55.1 Å². The first kappa shape index (κ1) is 18.5. The second-order valence-electron chi connectivity index (χ2n) is 8.00. The Balaban J connectivity index is 1.46. The molecule has 0 radical (unpaired) electrons. The zero-order valence-corrected chi connectivity index (χ0v) is 17.4. The van der Waals surface area contributed by atoms with Gasteiger partial charge in [0.2, 0.25) is 5.95 Å². The molecule has 31 heavy (non-hydrogen) atoms. The molecule has 0 saturated heterocycles. The molecule has 4 heterocycles. The van der Waals surface area contributed by atoms with E-state index in [1.807, 2.05) is 16.8 Å². The SMILES string of the molecule is O=c1c2cnc(Nc3ccc4c(c3)CNCC4)nc2n(-c2ccnc(Cl)c2)n1C1CC1. The average Bonchev–Trinajstić information content (AvgIpc) is 3.58. The third kappa shape index (κ3) is 3.28. The molecule has 0 atom stereocenters. The van der Waals surface area contributed by atoms with Crippen molar-refractivity contribution in [1.82, 2.24) is 29.6 Å². The lowest BCUT2D eigenvalue weighted by molar-refractivity contribution is 0.560. The third-order valence-electron chi connectivity index (χ3n) is 5.82. The van der Waals surface area contributed by atoms with Crippen LogP contribution in [0.1, 0.15) is 30.0 Å². The molecule has 0 bridgehead atoms. The van der Waals surface area contributed by atoms with Gasteiger partial charge < -0.3 is 10.6 Å². The van der Waals surface area contributed by atoms with E-state index in [-0.39, 0.29) is 11.6 Å². The summed E-state index contributed by atoms with van der Waals surface area (Å²) in [5, 5.41) is 7.54. The van der Waals surface area contributed by atoms with E-state index >= 15 is 0 Å². The fourth-order valence-corrected chi connectivity index (χ4v) is 4.34. The number of hydrogen-bond acceptors (Lipinski definition) is 6. The first-order chi connectivity index (χ1) is 15.2. The van der Waals surface area contributed by atoms with Crippen molar-refractivity contribution >= 4 is 34.3 Å². The summed E-state index contributed by atoms with van der Waals surface area (Å²) in [5.74, 6) is 0.443. The summed E-state index contributed by atoms with van der Waals surface area (Å²) in [6.07, 6.45) is 6.21. The molecule has 9 heteroatoms. The van der Waals surface area contributed by atoms with Gasteiger partial charge in [-0.15, -0.1) is 0 Å². The lowest BCUT2D eigenvalue weighted by Crippen LogP contribution is -2.23. The van der Waals surface area contributed by atoms with Crippen molar-refractivity contribution in [2.45, 2.75) is 31.8 Å². The summed E-state index contributed by atoms with van der Waals surface area (Å²) >= 11 is 6.13. The smallest absolute Gasteiger partial charge is 0.278 e. The van der Waals surface area contributed by atoms with Crippen LogP contribution in [0.15, 0.2) is 47.5 Å². The number of aromatic nitrogens is 5. The molecule has 1 aliphatic heterocycles. The number of rotatable bonds is 4. The van der Waals surface area contributed by atoms with Crippen molar-refractivity contribution < 1.29 is 0 Å². The van der Waals surface area contributed by atoms with Crippen molar-refractivity contribution in [2.75, 3.05) is 11.9 Å². The predicted octanol–water partition coefficient (Wildman–Crippen LogP) is 3.35. The molecule has 0 amide bonds. The monoisotopic (exact) mass is 433 g/mol. The Labute approximate surface area is 182 Å². The van der Waals surface area contributed by atoms with E-state index in [9.17, 15) is 4.79 Å². The fourth-order valence-electron chi connectivity index (χ4n) is 4.17. The maximum atomic E-state index is 13.1. The van der Waals surface area contributed by atoms with Gasteiger partial charge in [-0.25, -0.2) is 19.3 Å². The molecule has 1 aliphatic carbocycles. The van der Waals surface area contributed by atoms with Crippen LogP contribution < -0.4 is 16.2 Å². The lowest BCUT2D eigenvalue weighted by Gasteiger charge is -2.18. The highest BCUT2D eigenvalue weighted by Gasteiger charge is 2.30. The standard InChI is InChI=1S/C22H20ClN7O/c23-19-10-17(6-8-25-19)29-20-18(21(31)30(29)16-3-4-16)12-26-22(28-20)27-15-2-1-13-5-7-24-11-14(13)9-15/h1-2,6,8-10,12,16,24H,3-5,7,11H2,(H,26,27,28). The van der Waals surface area contributed by atoms with Crippen LogP contribution in [-0.4, -0.2) is 30.9 Å². The van der Waals surface area contributed by atoms with Crippen molar-refractivity contribution in [1.29, 1.82) is 0 Å². The summed E-state index contributed by atoms with van der Waals surface area (Å²) in [4.78, 5) is 26.3. The Bertz CT molecular complexity index is 1370. The van der Waals surface area contributed by atoms with E-state index in [1.54, 1.807) is 23.1 Å². The van der Waals surface area contributed by atoms with Gasteiger partial charge in [0.05, 0.1) is 11.7 Å². The van der Waals surface area contributed by atoms with Crippen LogP contribution in [0.4, 0.5) is 11.6 Å². The van der Waals surface area contributed by atoms with E-state index in [0.29, 0.717) is 22.1 Å². The third-order valence-corrected chi connectivity index (χ3v) is 6.03. The zero-order chi connectivity index (χ0) is 20.9.